The second kappa shape index (κ2) is 6.45. The van der Waals surface area contributed by atoms with Gasteiger partial charge >= 0.3 is 0 Å². The Morgan fingerprint density at radius 1 is 1.44 bits per heavy atom. The second-order valence-corrected chi connectivity index (χ2v) is 4.08. The summed E-state index contributed by atoms with van der Waals surface area (Å²) in [4.78, 5) is 6.51. The fourth-order valence-electron chi connectivity index (χ4n) is 1.63. The van der Waals surface area contributed by atoms with E-state index in [1.54, 1.807) is 0 Å². The Balaban J connectivity index is 2.75. The van der Waals surface area contributed by atoms with Crippen LogP contribution in [0.5, 0.6) is 0 Å². The van der Waals surface area contributed by atoms with E-state index < -0.39 is 0 Å². The van der Waals surface area contributed by atoms with Crippen LogP contribution in [0.25, 0.3) is 0 Å². The highest BCUT2D eigenvalue weighted by molar-refractivity contribution is 5.45. The van der Waals surface area contributed by atoms with Crippen molar-refractivity contribution in [2.24, 2.45) is 5.73 Å². The van der Waals surface area contributed by atoms with Crippen molar-refractivity contribution in [2.45, 2.75) is 32.9 Å². The van der Waals surface area contributed by atoms with Gasteiger partial charge in [0.1, 0.15) is 0 Å². The monoisotopic (exact) mass is 223 g/mol. The molecule has 0 bridgehead atoms. The molecule has 1 rings (SSSR count). The van der Waals surface area contributed by atoms with E-state index in [0.29, 0.717) is 12.6 Å². The van der Waals surface area contributed by atoms with E-state index in [1.807, 2.05) is 18.3 Å². The van der Waals surface area contributed by atoms with Crippen molar-refractivity contribution in [3.8, 4) is 0 Å². The van der Waals surface area contributed by atoms with Crippen LogP contribution in [0.1, 0.15) is 26.0 Å². The standard InChI is InChI=1S/C12H21N3O/c1-10(2)15(6-3-7-16)12-5-4-11(8-13)14-9-12/h4-5,9-10,16H,3,6-8,13H2,1-2H3. The summed E-state index contributed by atoms with van der Waals surface area (Å²) in [5, 5.41) is 8.87. The molecule has 1 heterocycles. The number of rotatable bonds is 6. The molecule has 0 atom stereocenters. The Hall–Kier alpha value is -1.13. The lowest BCUT2D eigenvalue weighted by atomic mass is 10.2. The van der Waals surface area contributed by atoms with E-state index in [9.17, 15) is 0 Å². The Labute approximate surface area is 97.1 Å². The van der Waals surface area contributed by atoms with Crippen LogP contribution in [0, 0.1) is 0 Å². The van der Waals surface area contributed by atoms with Crippen molar-refractivity contribution in [1.82, 2.24) is 4.98 Å². The molecule has 0 unspecified atom stereocenters. The van der Waals surface area contributed by atoms with Crippen LogP contribution in [0.2, 0.25) is 0 Å². The molecule has 16 heavy (non-hydrogen) atoms. The molecule has 0 saturated carbocycles. The van der Waals surface area contributed by atoms with Gasteiger partial charge in [-0.25, -0.2) is 0 Å². The van der Waals surface area contributed by atoms with Gasteiger partial charge in [0.15, 0.2) is 0 Å². The number of hydrogen-bond donors (Lipinski definition) is 2. The smallest absolute Gasteiger partial charge is 0.0555 e. The largest absolute Gasteiger partial charge is 0.396 e. The molecule has 1 aromatic heterocycles. The van der Waals surface area contributed by atoms with E-state index in [1.165, 1.54) is 0 Å². The van der Waals surface area contributed by atoms with Gasteiger partial charge in [0, 0.05) is 25.7 Å². The van der Waals surface area contributed by atoms with Gasteiger partial charge in [-0.3, -0.25) is 4.98 Å². The summed E-state index contributed by atoms with van der Waals surface area (Å²) in [6, 6.07) is 4.38. The molecular formula is C12H21N3O. The third kappa shape index (κ3) is 3.47. The highest BCUT2D eigenvalue weighted by atomic mass is 16.3. The summed E-state index contributed by atoms with van der Waals surface area (Å²) in [6.07, 6.45) is 2.62. The average Bonchev–Trinajstić information content (AvgIpc) is 2.30. The lowest BCUT2D eigenvalue weighted by Crippen LogP contribution is -2.32. The minimum atomic E-state index is 0.220. The first-order valence-corrected chi connectivity index (χ1v) is 5.71. The summed E-state index contributed by atoms with van der Waals surface area (Å²) in [5.74, 6) is 0. The highest BCUT2D eigenvalue weighted by Gasteiger charge is 2.10. The van der Waals surface area contributed by atoms with Gasteiger partial charge in [-0.15, -0.1) is 0 Å². The average molecular weight is 223 g/mol. The number of pyridine rings is 1. The zero-order valence-corrected chi connectivity index (χ0v) is 10.1. The zero-order chi connectivity index (χ0) is 12.0. The molecule has 0 fully saturated rings. The summed E-state index contributed by atoms with van der Waals surface area (Å²) in [6.45, 7) is 5.80. The number of nitrogens with zero attached hydrogens (tertiary/aromatic N) is 2. The summed E-state index contributed by atoms with van der Waals surface area (Å²) < 4.78 is 0. The first-order valence-electron chi connectivity index (χ1n) is 5.71. The first kappa shape index (κ1) is 12.9. The molecule has 1 aromatic rings. The minimum absolute atomic E-state index is 0.220. The Morgan fingerprint density at radius 3 is 2.62 bits per heavy atom. The molecule has 0 aromatic carbocycles. The summed E-state index contributed by atoms with van der Waals surface area (Å²) in [7, 11) is 0. The van der Waals surface area contributed by atoms with Gasteiger partial charge in [-0.05, 0) is 32.4 Å². The second-order valence-electron chi connectivity index (χ2n) is 4.08. The molecule has 3 N–H and O–H groups in total. The van der Waals surface area contributed by atoms with E-state index in [2.05, 4.69) is 23.7 Å². The number of hydrogen-bond acceptors (Lipinski definition) is 4. The molecule has 4 nitrogen and oxygen atoms in total. The van der Waals surface area contributed by atoms with Crippen molar-refractivity contribution in [3.63, 3.8) is 0 Å². The molecule has 0 spiro atoms. The van der Waals surface area contributed by atoms with E-state index in [-0.39, 0.29) is 6.61 Å². The molecule has 0 radical (unpaired) electrons. The molecule has 0 aliphatic heterocycles. The van der Waals surface area contributed by atoms with Crippen LogP contribution in [-0.2, 0) is 6.54 Å². The van der Waals surface area contributed by atoms with Crippen molar-refractivity contribution >= 4 is 5.69 Å². The van der Waals surface area contributed by atoms with E-state index in [0.717, 1.165) is 24.3 Å². The molecule has 0 aliphatic rings. The van der Waals surface area contributed by atoms with Crippen LogP contribution >= 0.6 is 0 Å². The topological polar surface area (TPSA) is 62.4 Å². The fourth-order valence-corrected chi connectivity index (χ4v) is 1.63. The SMILES string of the molecule is CC(C)N(CCCO)c1ccc(CN)nc1. The third-order valence-electron chi connectivity index (χ3n) is 2.53. The molecule has 0 aliphatic carbocycles. The summed E-state index contributed by atoms with van der Waals surface area (Å²) in [5.41, 5.74) is 7.49. The fraction of sp³-hybridized carbons (Fsp3) is 0.583. The number of anilines is 1. The van der Waals surface area contributed by atoms with Crippen LogP contribution in [-0.4, -0.2) is 29.3 Å². The molecule has 4 heteroatoms. The number of aliphatic hydroxyl groups excluding tert-OH is 1. The van der Waals surface area contributed by atoms with Crippen molar-refractivity contribution in [3.05, 3.63) is 24.0 Å². The third-order valence-corrected chi connectivity index (χ3v) is 2.53. The maximum atomic E-state index is 8.87. The number of nitrogens with two attached hydrogens (primary N) is 1. The van der Waals surface area contributed by atoms with Crippen LogP contribution in [0.3, 0.4) is 0 Å². The van der Waals surface area contributed by atoms with Gasteiger partial charge in [0.25, 0.3) is 0 Å². The van der Waals surface area contributed by atoms with Gasteiger partial charge in [-0.1, -0.05) is 0 Å². The van der Waals surface area contributed by atoms with Crippen LogP contribution in [0.4, 0.5) is 5.69 Å². The van der Waals surface area contributed by atoms with Crippen LogP contribution < -0.4 is 10.6 Å². The quantitative estimate of drug-likeness (QED) is 0.759. The lowest BCUT2D eigenvalue weighted by Gasteiger charge is -2.28. The zero-order valence-electron chi connectivity index (χ0n) is 10.1. The number of aromatic nitrogens is 1. The highest BCUT2D eigenvalue weighted by Crippen LogP contribution is 2.16. The minimum Gasteiger partial charge on any atom is -0.396 e. The first-order chi connectivity index (χ1) is 7.69. The Bertz CT molecular complexity index is 298. The Kier molecular flexibility index (Phi) is 5.22. The van der Waals surface area contributed by atoms with Gasteiger partial charge < -0.3 is 15.7 Å². The van der Waals surface area contributed by atoms with Crippen molar-refractivity contribution in [1.29, 1.82) is 0 Å². The molecule has 90 valence electrons. The normalized spacial score (nSPS) is 10.8. The van der Waals surface area contributed by atoms with Gasteiger partial charge in [-0.2, -0.15) is 0 Å². The predicted molar refractivity (Wildman–Crippen MR) is 66.3 cm³/mol. The molecule has 0 saturated heterocycles. The van der Waals surface area contributed by atoms with E-state index >= 15 is 0 Å². The van der Waals surface area contributed by atoms with Crippen LogP contribution in [0.15, 0.2) is 18.3 Å². The molecule has 0 amide bonds. The lowest BCUT2D eigenvalue weighted by molar-refractivity contribution is 0.288. The van der Waals surface area contributed by atoms with Crippen molar-refractivity contribution < 1.29 is 5.11 Å². The van der Waals surface area contributed by atoms with Gasteiger partial charge in [0.2, 0.25) is 0 Å². The maximum Gasteiger partial charge on any atom is 0.0555 e. The predicted octanol–water partition coefficient (Wildman–Crippen LogP) is 1.14. The van der Waals surface area contributed by atoms with Gasteiger partial charge in [0.05, 0.1) is 17.6 Å². The maximum absolute atomic E-state index is 8.87. The molecular weight excluding hydrogens is 202 g/mol. The number of aliphatic hydroxyl groups is 1. The summed E-state index contributed by atoms with van der Waals surface area (Å²) >= 11 is 0. The Morgan fingerprint density at radius 2 is 2.19 bits per heavy atom. The van der Waals surface area contributed by atoms with E-state index in [4.69, 9.17) is 10.8 Å². The van der Waals surface area contributed by atoms with Crippen molar-refractivity contribution in [2.75, 3.05) is 18.1 Å².